The minimum absolute atomic E-state index is 0.186. The van der Waals surface area contributed by atoms with Crippen LogP contribution in [-0.2, 0) is 11.8 Å². The molecule has 0 bridgehead atoms. The van der Waals surface area contributed by atoms with Crippen molar-refractivity contribution in [3.8, 4) is 5.75 Å². The molecule has 2 aromatic carbocycles. The van der Waals surface area contributed by atoms with Gasteiger partial charge in [0.15, 0.2) is 5.16 Å². The summed E-state index contributed by atoms with van der Waals surface area (Å²) in [7, 11) is 1.81. The van der Waals surface area contributed by atoms with Crippen LogP contribution >= 0.6 is 11.8 Å². The SMILES string of the molecule is CCCOc1ccccc1NC(=O)c1cccc(NC(=O)CSc2nncn2C)c1. The molecule has 0 atom stereocenters. The third kappa shape index (κ3) is 5.84. The monoisotopic (exact) mass is 425 g/mol. The second-order valence-corrected chi connectivity index (χ2v) is 7.38. The van der Waals surface area contributed by atoms with Crippen molar-refractivity contribution in [2.75, 3.05) is 23.0 Å². The van der Waals surface area contributed by atoms with Crippen LogP contribution in [0.1, 0.15) is 23.7 Å². The van der Waals surface area contributed by atoms with Gasteiger partial charge < -0.3 is 19.9 Å². The zero-order valence-electron chi connectivity index (χ0n) is 16.8. The van der Waals surface area contributed by atoms with Gasteiger partial charge in [0.05, 0.1) is 18.0 Å². The highest BCUT2D eigenvalue weighted by atomic mass is 32.2. The number of para-hydroxylation sites is 2. The molecular formula is C21H23N5O3S. The maximum atomic E-state index is 12.7. The number of aromatic nitrogens is 3. The molecule has 0 aliphatic rings. The normalized spacial score (nSPS) is 10.5. The summed E-state index contributed by atoms with van der Waals surface area (Å²) in [4.78, 5) is 24.9. The smallest absolute Gasteiger partial charge is 0.255 e. The number of hydrogen-bond acceptors (Lipinski definition) is 6. The second kappa shape index (κ2) is 10.4. The van der Waals surface area contributed by atoms with Crippen molar-refractivity contribution in [3.05, 3.63) is 60.4 Å². The fraction of sp³-hybridized carbons (Fsp3) is 0.238. The molecule has 0 saturated carbocycles. The van der Waals surface area contributed by atoms with Gasteiger partial charge in [-0.25, -0.2) is 0 Å². The zero-order chi connectivity index (χ0) is 21.3. The predicted molar refractivity (Wildman–Crippen MR) is 117 cm³/mol. The number of nitrogens with one attached hydrogen (secondary N) is 2. The van der Waals surface area contributed by atoms with E-state index in [4.69, 9.17) is 4.74 Å². The summed E-state index contributed by atoms with van der Waals surface area (Å²) in [5, 5.41) is 14.0. The molecule has 0 radical (unpaired) electrons. The van der Waals surface area contributed by atoms with Gasteiger partial charge in [-0.15, -0.1) is 10.2 Å². The molecule has 1 heterocycles. The molecule has 0 aliphatic carbocycles. The number of benzene rings is 2. The lowest BCUT2D eigenvalue weighted by Gasteiger charge is -2.12. The fourth-order valence-corrected chi connectivity index (χ4v) is 3.26. The Balaban J connectivity index is 1.61. The lowest BCUT2D eigenvalue weighted by molar-refractivity contribution is -0.113. The third-order valence-corrected chi connectivity index (χ3v) is 5.04. The standard InChI is InChI=1S/C21H23N5O3S/c1-3-11-29-18-10-5-4-9-17(18)24-20(28)15-7-6-8-16(12-15)23-19(27)13-30-21-25-22-14-26(21)2/h4-10,12,14H,3,11,13H2,1-2H3,(H,23,27)(H,24,28). The third-order valence-electron chi connectivity index (χ3n) is 4.01. The lowest BCUT2D eigenvalue weighted by atomic mass is 10.1. The Morgan fingerprint density at radius 1 is 1.13 bits per heavy atom. The average molecular weight is 426 g/mol. The molecule has 1 aromatic heterocycles. The van der Waals surface area contributed by atoms with Gasteiger partial charge in [-0.1, -0.05) is 36.9 Å². The Morgan fingerprint density at radius 2 is 1.97 bits per heavy atom. The Hall–Kier alpha value is -3.33. The van der Waals surface area contributed by atoms with E-state index >= 15 is 0 Å². The number of anilines is 2. The molecule has 9 heteroatoms. The number of nitrogens with zero attached hydrogens (tertiary/aromatic N) is 3. The van der Waals surface area contributed by atoms with E-state index in [0.29, 0.717) is 34.5 Å². The molecule has 3 aromatic rings. The number of hydrogen-bond donors (Lipinski definition) is 2. The van der Waals surface area contributed by atoms with Gasteiger partial charge in [-0.05, 0) is 36.8 Å². The van der Waals surface area contributed by atoms with Crippen LogP contribution in [0.25, 0.3) is 0 Å². The molecule has 0 spiro atoms. The number of ether oxygens (including phenoxy) is 1. The zero-order valence-corrected chi connectivity index (χ0v) is 17.6. The molecule has 0 saturated heterocycles. The highest BCUT2D eigenvalue weighted by Gasteiger charge is 2.12. The topological polar surface area (TPSA) is 98.1 Å². The number of thioether (sulfide) groups is 1. The molecule has 30 heavy (non-hydrogen) atoms. The van der Waals surface area contributed by atoms with Gasteiger partial charge in [0.25, 0.3) is 5.91 Å². The largest absolute Gasteiger partial charge is 0.491 e. The van der Waals surface area contributed by atoms with Crippen LogP contribution in [0.2, 0.25) is 0 Å². The summed E-state index contributed by atoms with van der Waals surface area (Å²) in [5.74, 6) is 0.328. The Kier molecular flexibility index (Phi) is 7.45. The number of aryl methyl sites for hydroxylation is 1. The van der Waals surface area contributed by atoms with E-state index in [1.165, 1.54) is 11.8 Å². The van der Waals surface area contributed by atoms with Crippen LogP contribution < -0.4 is 15.4 Å². The Morgan fingerprint density at radius 3 is 2.73 bits per heavy atom. The van der Waals surface area contributed by atoms with E-state index in [2.05, 4.69) is 20.8 Å². The molecule has 2 N–H and O–H groups in total. The molecule has 3 rings (SSSR count). The van der Waals surface area contributed by atoms with Crippen molar-refractivity contribution in [3.63, 3.8) is 0 Å². The minimum Gasteiger partial charge on any atom is -0.491 e. The quantitative estimate of drug-likeness (QED) is 0.509. The lowest BCUT2D eigenvalue weighted by Crippen LogP contribution is -2.16. The molecule has 2 amide bonds. The van der Waals surface area contributed by atoms with Crippen molar-refractivity contribution < 1.29 is 14.3 Å². The van der Waals surface area contributed by atoms with Crippen molar-refractivity contribution >= 4 is 35.0 Å². The van der Waals surface area contributed by atoms with Gasteiger partial charge in [0.2, 0.25) is 5.91 Å². The van der Waals surface area contributed by atoms with Crippen molar-refractivity contribution in [2.24, 2.45) is 7.05 Å². The molecule has 0 fully saturated rings. The van der Waals surface area contributed by atoms with E-state index in [1.807, 2.05) is 32.2 Å². The van der Waals surface area contributed by atoms with Crippen LogP contribution in [0.5, 0.6) is 5.75 Å². The van der Waals surface area contributed by atoms with Crippen LogP contribution in [0, 0.1) is 0 Å². The van der Waals surface area contributed by atoms with Crippen molar-refractivity contribution in [1.82, 2.24) is 14.8 Å². The van der Waals surface area contributed by atoms with Gasteiger partial charge >= 0.3 is 0 Å². The summed E-state index contributed by atoms with van der Waals surface area (Å²) in [6.07, 6.45) is 2.45. The van der Waals surface area contributed by atoms with E-state index in [9.17, 15) is 9.59 Å². The first-order chi connectivity index (χ1) is 14.6. The molecule has 8 nitrogen and oxygen atoms in total. The molecule has 0 aliphatic heterocycles. The molecular weight excluding hydrogens is 402 g/mol. The van der Waals surface area contributed by atoms with Crippen LogP contribution in [0.4, 0.5) is 11.4 Å². The second-order valence-electron chi connectivity index (χ2n) is 6.44. The Bertz CT molecular complexity index is 1020. The van der Waals surface area contributed by atoms with Gasteiger partial charge in [-0.3, -0.25) is 9.59 Å². The van der Waals surface area contributed by atoms with Crippen LogP contribution in [0.15, 0.2) is 60.0 Å². The highest BCUT2D eigenvalue weighted by Crippen LogP contribution is 2.25. The maximum absolute atomic E-state index is 12.7. The van der Waals surface area contributed by atoms with E-state index in [0.717, 1.165) is 6.42 Å². The number of carbonyl (C=O) groups excluding carboxylic acids is 2. The van der Waals surface area contributed by atoms with E-state index < -0.39 is 0 Å². The molecule has 156 valence electrons. The van der Waals surface area contributed by atoms with Gasteiger partial charge in [0, 0.05) is 18.3 Å². The van der Waals surface area contributed by atoms with Crippen molar-refractivity contribution in [1.29, 1.82) is 0 Å². The summed E-state index contributed by atoms with van der Waals surface area (Å²) >= 11 is 1.29. The number of amides is 2. The summed E-state index contributed by atoms with van der Waals surface area (Å²) in [6.45, 7) is 2.59. The first-order valence-corrected chi connectivity index (χ1v) is 10.4. The van der Waals surface area contributed by atoms with E-state index in [1.54, 1.807) is 41.2 Å². The van der Waals surface area contributed by atoms with Crippen molar-refractivity contribution in [2.45, 2.75) is 18.5 Å². The fourth-order valence-electron chi connectivity index (χ4n) is 2.57. The van der Waals surface area contributed by atoms with Gasteiger partial charge in [-0.2, -0.15) is 0 Å². The number of carbonyl (C=O) groups is 2. The van der Waals surface area contributed by atoms with Crippen LogP contribution in [-0.4, -0.2) is 38.9 Å². The number of rotatable bonds is 9. The van der Waals surface area contributed by atoms with Crippen LogP contribution in [0.3, 0.4) is 0 Å². The summed E-state index contributed by atoms with van der Waals surface area (Å²) in [6, 6.07) is 14.1. The summed E-state index contributed by atoms with van der Waals surface area (Å²) in [5.41, 5.74) is 1.58. The van der Waals surface area contributed by atoms with E-state index in [-0.39, 0.29) is 17.6 Å². The molecule has 0 unspecified atom stereocenters. The highest BCUT2D eigenvalue weighted by molar-refractivity contribution is 7.99. The minimum atomic E-state index is -0.285. The predicted octanol–water partition coefficient (Wildman–Crippen LogP) is 3.59. The van der Waals surface area contributed by atoms with Gasteiger partial charge in [0.1, 0.15) is 12.1 Å². The Labute approximate surface area is 179 Å². The first kappa shape index (κ1) is 21.4. The average Bonchev–Trinajstić information content (AvgIpc) is 3.16. The first-order valence-electron chi connectivity index (χ1n) is 9.46. The summed E-state index contributed by atoms with van der Waals surface area (Å²) < 4.78 is 7.42. The maximum Gasteiger partial charge on any atom is 0.255 e.